The zero-order chi connectivity index (χ0) is 11.6. The van der Waals surface area contributed by atoms with Crippen molar-refractivity contribution in [1.82, 2.24) is 15.1 Å². The predicted octanol–water partition coefficient (Wildman–Crippen LogP) is -8.49. The first-order valence-corrected chi connectivity index (χ1v) is 6.51. The van der Waals surface area contributed by atoms with E-state index in [1.807, 2.05) is 0 Å². The molecule has 0 radical (unpaired) electrons. The van der Waals surface area contributed by atoms with Gasteiger partial charge in [0.15, 0.2) is 0 Å². The number of likely N-dealkylation sites (N-methyl/N-ethyl adjacent to an activating group) is 2. The molecule has 0 spiro atoms. The molecule has 0 aromatic heterocycles. The van der Waals surface area contributed by atoms with E-state index >= 15 is 0 Å². The quantitative estimate of drug-likeness (QED) is 0.437. The molecule has 1 aliphatic heterocycles. The second-order valence-corrected chi connectivity index (χ2v) is 6.91. The maximum atomic E-state index is 3.61. The minimum atomic E-state index is 0. The topological polar surface area (TPSA) is 18.5 Å². The number of hydrogen-bond acceptors (Lipinski definition) is 3. The van der Waals surface area contributed by atoms with Crippen molar-refractivity contribution in [2.24, 2.45) is 0 Å². The molecule has 3 nitrogen and oxygen atoms in total. The average molecular weight is 353 g/mol. The Kier molecular flexibility index (Phi) is 13.9. The third-order valence-corrected chi connectivity index (χ3v) is 4.36. The maximum Gasteiger partial charge on any atom is -1.00 e. The Labute approximate surface area is 142 Å². The molecular formula is C11H24Cl3N3Ti. The normalized spacial score (nSPS) is 35.1. The molecule has 108 valence electrons. The number of nitrogens with zero attached hydrogens (tertiary/aromatic N) is 2. The van der Waals surface area contributed by atoms with E-state index in [9.17, 15) is 0 Å². The summed E-state index contributed by atoms with van der Waals surface area (Å²) < 4.78 is 0.244. The van der Waals surface area contributed by atoms with Crippen LogP contribution in [-0.4, -0.2) is 59.5 Å². The van der Waals surface area contributed by atoms with Crippen LogP contribution >= 0.6 is 0 Å². The van der Waals surface area contributed by atoms with Crippen molar-refractivity contribution in [2.45, 2.75) is 36.7 Å². The monoisotopic (exact) mass is 351 g/mol. The molecule has 1 rings (SSSR count). The molecule has 0 amide bonds. The second-order valence-electron chi connectivity index (χ2n) is 5.22. The standard InChI is InChI=1S/C11H24N3.3ClH.Ti/c1-9-7-13(4)11(3)8-14(5)10(2)6-12-9;;;;/h9,11-12H,6-8H2,1-5H3;3*1H;/q;;;;+3/p-3. The van der Waals surface area contributed by atoms with Gasteiger partial charge in [-0.1, -0.05) is 0 Å². The molecule has 3 atom stereocenters. The zero-order valence-corrected chi connectivity index (χ0v) is 15.6. The van der Waals surface area contributed by atoms with Crippen LogP contribution in [0.4, 0.5) is 0 Å². The van der Waals surface area contributed by atoms with Crippen LogP contribution < -0.4 is 42.5 Å². The first kappa shape index (κ1) is 24.5. The van der Waals surface area contributed by atoms with E-state index in [-0.39, 0.29) is 41.1 Å². The number of nitrogens with one attached hydrogen (secondary N) is 1. The van der Waals surface area contributed by atoms with Gasteiger partial charge in [0.1, 0.15) is 0 Å². The summed E-state index contributed by atoms with van der Waals surface area (Å²) in [4.78, 5) is 4.90. The second kappa shape index (κ2) is 10.2. The SMILES string of the molecule is CC1CN(C)C(C)CN(C)[C](C)([Ti+3])CN1.[Cl-].[Cl-].[Cl-]. The number of hydrogen-bond donors (Lipinski definition) is 1. The Morgan fingerprint density at radius 3 is 2.11 bits per heavy atom. The van der Waals surface area contributed by atoms with Crippen molar-refractivity contribution in [3.8, 4) is 0 Å². The first-order valence-electron chi connectivity index (χ1n) is 5.73. The Morgan fingerprint density at radius 2 is 1.61 bits per heavy atom. The molecule has 18 heavy (non-hydrogen) atoms. The largest absolute Gasteiger partial charge is 1.00 e. The maximum absolute atomic E-state index is 3.61. The Bertz CT molecular complexity index is 220. The third kappa shape index (κ3) is 7.30. The van der Waals surface area contributed by atoms with E-state index in [2.05, 4.69) is 70.4 Å². The summed E-state index contributed by atoms with van der Waals surface area (Å²) in [7, 11) is 4.44. The Hall–Kier alpha value is 1.46. The van der Waals surface area contributed by atoms with Gasteiger partial charge in [-0.2, -0.15) is 0 Å². The van der Waals surface area contributed by atoms with Gasteiger partial charge in [0.25, 0.3) is 0 Å². The van der Waals surface area contributed by atoms with Gasteiger partial charge >= 0.3 is 106 Å². The third-order valence-electron chi connectivity index (χ3n) is 3.49. The summed E-state index contributed by atoms with van der Waals surface area (Å²) in [6, 6.07) is 1.19. The molecule has 1 saturated heterocycles. The van der Waals surface area contributed by atoms with E-state index in [4.69, 9.17) is 0 Å². The van der Waals surface area contributed by atoms with Gasteiger partial charge in [-0.25, -0.2) is 0 Å². The van der Waals surface area contributed by atoms with Gasteiger partial charge in [0.05, 0.1) is 0 Å². The van der Waals surface area contributed by atoms with Gasteiger partial charge in [0, 0.05) is 0 Å². The van der Waals surface area contributed by atoms with Crippen LogP contribution in [0.5, 0.6) is 0 Å². The molecule has 3 unspecified atom stereocenters. The number of halogens is 3. The van der Waals surface area contributed by atoms with Crippen LogP contribution in [0.2, 0.25) is 0 Å². The van der Waals surface area contributed by atoms with Crippen molar-refractivity contribution in [2.75, 3.05) is 33.7 Å². The van der Waals surface area contributed by atoms with E-state index in [0.717, 1.165) is 19.6 Å². The number of rotatable bonds is 0. The first-order chi connectivity index (χ1) is 6.83. The summed E-state index contributed by atoms with van der Waals surface area (Å²) in [6.07, 6.45) is 0. The van der Waals surface area contributed by atoms with Gasteiger partial charge in [-0.15, -0.1) is 0 Å². The van der Waals surface area contributed by atoms with Crippen LogP contribution in [0.3, 0.4) is 0 Å². The van der Waals surface area contributed by atoms with Crippen LogP contribution in [0.15, 0.2) is 0 Å². The average Bonchev–Trinajstić information content (AvgIpc) is 2.15. The molecule has 1 N–H and O–H groups in total. The molecular weight excluding hydrogens is 328 g/mol. The van der Waals surface area contributed by atoms with E-state index < -0.39 is 0 Å². The zero-order valence-electron chi connectivity index (χ0n) is 11.8. The van der Waals surface area contributed by atoms with Crippen LogP contribution in [-0.2, 0) is 20.4 Å². The minimum absolute atomic E-state index is 0. The molecule has 1 heterocycles. The molecule has 1 fully saturated rings. The van der Waals surface area contributed by atoms with Gasteiger partial charge in [0.2, 0.25) is 0 Å². The molecule has 0 saturated carbocycles. The van der Waals surface area contributed by atoms with Crippen LogP contribution in [0.25, 0.3) is 0 Å². The summed E-state index contributed by atoms with van der Waals surface area (Å²) >= 11 is 2.31. The molecule has 1 aliphatic rings. The van der Waals surface area contributed by atoms with Crippen molar-refractivity contribution < 1.29 is 57.7 Å². The van der Waals surface area contributed by atoms with Crippen LogP contribution in [0, 0.1) is 0 Å². The Morgan fingerprint density at radius 1 is 1.11 bits per heavy atom. The van der Waals surface area contributed by atoms with Gasteiger partial charge < -0.3 is 37.2 Å². The molecule has 0 aliphatic carbocycles. The van der Waals surface area contributed by atoms with Crippen molar-refractivity contribution in [1.29, 1.82) is 0 Å². The minimum Gasteiger partial charge on any atom is -1.00 e. The Balaban J connectivity index is -0.000000750. The molecule has 7 heteroatoms. The fraction of sp³-hybridized carbons (Fsp3) is 1.00. The van der Waals surface area contributed by atoms with E-state index in [0.29, 0.717) is 12.1 Å². The smallest absolute Gasteiger partial charge is 1.00 e. The van der Waals surface area contributed by atoms with Crippen molar-refractivity contribution >= 4 is 0 Å². The summed E-state index contributed by atoms with van der Waals surface area (Å²) in [5.41, 5.74) is 0. The van der Waals surface area contributed by atoms with E-state index in [1.54, 1.807) is 0 Å². The molecule has 0 aromatic rings. The molecule has 0 aromatic carbocycles. The summed E-state index contributed by atoms with van der Waals surface area (Å²) in [6.45, 7) is 10.2. The van der Waals surface area contributed by atoms with Crippen molar-refractivity contribution in [3.63, 3.8) is 0 Å². The van der Waals surface area contributed by atoms with Gasteiger partial charge in [-0.3, -0.25) is 0 Å². The fourth-order valence-corrected chi connectivity index (χ4v) is 2.22. The van der Waals surface area contributed by atoms with Crippen LogP contribution in [0.1, 0.15) is 20.8 Å². The fourth-order valence-electron chi connectivity index (χ4n) is 1.92. The van der Waals surface area contributed by atoms with Crippen molar-refractivity contribution in [3.05, 3.63) is 0 Å². The summed E-state index contributed by atoms with van der Waals surface area (Å²) in [5.74, 6) is 0. The molecule has 0 bridgehead atoms. The summed E-state index contributed by atoms with van der Waals surface area (Å²) in [5, 5.41) is 3.61. The van der Waals surface area contributed by atoms with E-state index in [1.165, 1.54) is 0 Å². The predicted molar refractivity (Wildman–Crippen MR) is 60.6 cm³/mol. The van der Waals surface area contributed by atoms with Gasteiger partial charge in [-0.05, 0) is 0 Å².